The lowest BCUT2D eigenvalue weighted by Crippen LogP contribution is -2.51. The molecule has 1 aliphatic rings. The van der Waals surface area contributed by atoms with Gasteiger partial charge in [-0.25, -0.2) is 0 Å². The summed E-state index contributed by atoms with van der Waals surface area (Å²) in [5, 5.41) is 4.88. The quantitative estimate of drug-likeness (QED) is 0.739. The average Bonchev–Trinajstić information content (AvgIpc) is 3.18. The highest BCUT2D eigenvalue weighted by atomic mass is 19.4. The Hall–Kier alpha value is -2.39. The summed E-state index contributed by atoms with van der Waals surface area (Å²) >= 11 is 0. The lowest BCUT2D eigenvalue weighted by atomic mass is 9.98. The van der Waals surface area contributed by atoms with Crippen LogP contribution in [-0.2, 0) is 10.3 Å². The summed E-state index contributed by atoms with van der Waals surface area (Å²) < 4.78 is 39.2. The molecule has 2 aromatic rings. The number of carbonyl (C=O) groups excluding carboxylic acids is 1. The molecule has 3 heterocycles. The molecule has 9 heteroatoms. The Morgan fingerprint density at radius 1 is 1.24 bits per heavy atom. The SMILES string of the molecule is Cc1cc(-c2ccc(C(C)(C)N3CCNCC3)o2)ccn1.O=CNCC(F)(F)F. The van der Waals surface area contributed by atoms with Crippen molar-refractivity contribution in [1.29, 1.82) is 0 Å². The molecule has 1 amide bonds. The van der Waals surface area contributed by atoms with Crippen molar-refractivity contribution in [1.82, 2.24) is 20.5 Å². The second-order valence-electron chi connectivity index (χ2n) is 7.26. The maximum absolute atomic E-state index is 11.0. The molecule has 1 fully saturated rings. The minimum atomic E-state index is -4.29. The van der Waals surface area contributed by atoms with Gasteiger partial charge < -0.3 is 15.1 Å². The van der Waals surface area contributed by atoms with E-state index < -0.39 is 12.7 Å². The highest BCUT2D eigenvalue weighted by Crippen LogP contribution is 2.32. The number of alkyl halides is 3. The maximum Gasteiger partial charge on any atom is 0.405 e. The number of nitrogens with zero attached hydrogens (tertiary/aromatic N) is 2. The molecule has 29 heavy (non-hydrogen) atoms. The van der Waals surface area contributed by atoms with Crippen LogP contribution in [0.15, 0.2) is 34.9 Å². The second kappa shape index (κ2) is 9.89. The first-order chi connectivity index (χ1) is 13.6. The van der Waals surface area contributed by atoms with Gasteiger partial charge in [-0.05, 0) is 45.0 Å². The van der Waals surface area contributed by atoms with E-state index in [1.54, 1.807) is 0 Å². The molecule has 1 aliphatic heterocycles. The first kappa shape index (κ1) is 22.9. The molecular formula is C20H27F3N4O2. The van der Waals surface area contributed by atoms with Crippen LogP contribution in [0, 0.1) is 6.92 Å². The Morgan fingerprint density at radius 2 is 1.93 bits per heavy atom. The number of piperazine rings is 1. The second-order valence-corrected chi connectivity index (χ2v) is 7.26. The van der Waals surface area contributed by atoms with Crippen LogP contribution in [-0.4, -0.2) is 55.2 Å². The smallest absolute Gasteiger partial charge is 0.405 e. The number of carbonyl (C=O) groups is 1. The summed E-state index contributed by atoms with van der Waals surface area (Å²) in [6, 6.07) is 8.22. The number of aryl methyl sites for hydroxylation is 1. The number of amides is 1. The van der Waals surface area contributed by atoms with E-state index in [0.29, 0.717) is 0 Å². The van der Waals surface area contributed by atoms with Crippen molar-refractivity contribution >= 4 is 6.41 Å². The Kier molecular flexibility index (Phi) is 7.80. The largest absolute Gasteiger partial charge is 0.459 e. The first-order valence-corrected chi connectivity index (χ1v) is 9.36. The third-order valence-electron chi connectivity index (χ3n) is 4.68. The Morgan fingerprint density at radius 3 is 2.48 bits per heavy atom. The van der Waals surface area contributed by atoms with Gasteiger partial charge in [0.05, 0.1) is 5.54 Å². The molecule has 0 unspecified atom stereocenters. The monoisotopic (exact) mass is 412 g/mol. The third kappa shape index (κ3) is 6.86. The minimum absolute atomic E-state index is 0.00743. The molecule has 2 aromatic heterocycles. The summed E-state index contributed by atoms with van der Waals surface area (Å²) in [6.45, 7) is 9.40. The lowest BCUT2D eigenvalue weighted by Gasteiger charge is -2.39. The van der Waals surface area contributed by atoms with E-state index in [0.717, 1.165) is 49.0 Å². The van der Waals surface area contributed by atoms with Crippen LogP contribution in [0.25, 0.3) is 11.3 Å². The Labute approximate surface area is 168 Å². The summed E-state index contributed by atoms with van der Waals surface area (Å²) in [6.07, 6.45) is -2.46. The average molecular weight is 412 g/mol. The summed E-state index contributed by atoms with van der Waals surface area (Å²) in [7, 11) is 0. The van der Waals surface area contributed by atoms with Gasteiger partial charge in [0.1, 0.15) is 18.1 Å². The summed E-state index contributed by atoms with van der Waals surface area (Å²) in [5.74, 6) is 1.94. The van der Waals surface area contributed by atoms with Gasteiger partial charge in [-0.15, -0.1) is 0 Å². The van der Waals surface area contributed by atoms with E-state index >= 15 is 0 Å². The van der Waals surface area contributed by atoms with E-state index in [9.17, 15) is 18.0 Å². The molecule has 0 aromatic carbocycles. The number of aromatic nitrogens is 1. The maximum atomic E-state index is 11.0. The normalized spacial score (nSPS) is 15.4. The van der Waals surface area contributed by atoms with Gasteiger partial charge in [0.2, 0.25) is 6.41 Å². The molecule has 0 bridgehead atoms. The molecular weight excluding hydrogens is 385 g/mol. The fourth-order valence-electron chi connectivity index (χ4n) is 3.06. The molecule has 1 saturated heterocycles. The minimum Gasteiger partial charge on any atom is -0.459 e. The molecule has 0 atom stereocenters. The first-order valence-electron chi connectivity index (χ1n) is 9.36. The number of hydrogen-bond acceptors (Lipinski definition) is 5. The highest BCUT2D eigenvalue weighted by molar-refractivity contribution is 5.57. The number of rotatable bonds is 5. The van der Waals surface area contributed by atoms with Crippen LogP contribution < -0.4 is 10.6 Å². The molecule has 0 aliphatic carbocycles. The number of halogens is 3. The van der Waals surface area contributed by atoms with Crippen molar-refractivity contribution in [3.05, 3.63) is 41.9 Å². The topological polar surface area (TPSA) is 70.4 Å². The molecule has 6 nitrogen and oxygen atoms in total. The Balaban J connectivity index is 0.000000321. The number of furan rings is 1. The van der Waals surface area contributed by atoms with Gasteiger partial charge in [-0.3, -0.25) is 14.7 Å². The molecule has 3 rings (SSSR count). The van der Waals surface area contributed by atoms with Crippen LogP contribution in [0.1, 0.15) is 25.3 Å². The van der Waals surface area contributed by atoms with Crippen LogP contribution in [0.3, 0.4) is 0 Å². The zero-order valence-corrected chi connectivity index (χ0v) is 16.8. The summed E-state index contributed by atoms with van der Waals surface area (Å²) in [5.41, 5.74) is 2.01. The fraction of sp³-hybridized carbons (Fsp3) is 0.500. The zero-order chi connectivity index (χ0) is 21.5. The molecule has 0 radical (unpaired) electrons. The molecule has 0 saturated carbocycles. The third-order valence-corrected chi connectivity index (χ3v) is 4.68. The van der Waals surface area contributed by atoms with E-state index in [1.807, 2.05) is 19.2 Å². The predicted molar refractivity (Wildman–Crippen MR) is 104 cm³/mol. The van der Waals surface area contributed by atoms with Crippen molar-refractivity contribution in [2.45, 2.75) is 32.5 Å². The number of hydrogen-bond donors (Lipinski definition) is 2. The highest BCUT2D eigenvalue weighted by Gasteiger charge is 2.32. The van der Waals surface area contributed by atoms with Gasteiger partial charge in [-0.1, -0.05) is 0 Å². The van der Waals surface area contributed by atoms with Gasteiger partial charge >= 0.3 is 6.18 Å². The number of nitrogens with one attached hydrogen (secondary N) is 2. The van der Waals surface area contributed by atoms with Gasteiger partial charge in [-0.2, -0.15) is 13.2 Å². The van der Waals surface area contributed by atoms with E-state index in [-0.39, 0.29) is 11.9 Å². The van der Waals surface area contributed by atoms with Crippen LogP contribution in [0.5, 0.6) is 0 Å². The standard InChI is InChI=1S/C17H23N3O.C3H4F3NO/c1-13-12-14(6-7-19-13)15-4-5-16(21-15)17(2,3)20-10-8-18-9-11-20;4-3(5,6)1-7-2-8/h4-7,12,18H,8-11H2,1-3H3;2H,1H2,(H,7,8). The van der Waals surface area contributed by atoms with Crippen molar-refractivity contribution in [2.24, 2.45) is 0 Å². The van der Waals surface area contributed by atoms with Crippen molar-refractivity contribution < 1.29 is 22.4 Å². The van der Waals surface area contributed by atoms with Gasteiger partial charge in [0.25, 0.3) is 0 Å². The van der Waals surface area contributed by atoms with E-state index in [2.05, 4.69) is 47.2 Å². The zero-order valence-electron chi connectivity index (χ0n) is 16.8. The molecule has 160 valence electrons. The van der Waals surface area contributed by atoms with Gasteiger partial charge in [0.15, 0.2) is 0 Å². The van der Waals surface area contributed by atoms with E-state index in [4.69, 9.17) is 4.42 Å². The molecule has 0 spiro atoms. The number of pyridine rings is 1. The molecule has 2 N–H and O–H groups in total. The summed E-state index contributed by atoms with van der Waals surface area (Å²) in [4.78, 5) is 16.0. The Bertz CT molecular complexity index is 784. The van der Waals surface area contributed by atoms with E-state index in [1.165, 1.54) is 5.32 Å². The van der Waals surface area contributed by atoms with Gasteiger partial charge in [0, 0.05) is 43.6 Å². The predicted octanol–water partition coefficient (Wildman–Crippen LogP) is 3.09. The fourth-order valence-corrected chi connectivity index (χ4v) is 3.06. The van der Waals surface area contributed by atoms with Crippen molar-refractivity contribution in [3.8, 4) is 11.3 Å². The van der Waals surface area contributed by atoms with Crippen LogP contribution in [0.4, 0.5) is 13.2 Å². The van der Waals surface area contributed by atoms with Crippen LogP contribution in [0.2, 0.25) is 0 Å². The lowest BCUT2D eigenvalue weighted by molar-refractivity contribution is -0.132. The van der Waals surface area contributed by atoms with Crippen molar-refractivity contribution in [2.75, 3.05) is 32.7 Å². The van der Waals surface area contributed by atoms with Crippen LogP contribution >= 0.6 is 0 Å². The van der Waals surface area contributed by atoms with Crippen molar-refractivity contribution in [3.63, 3.8) is 0 Å².